The second kappa shape index (κ2) is 6.28. The van der Waals surface area contributed by atoms with E-state index in [-0.39, 0.29) is 6.03 Å². The van der Waals surface area contributed by atoms with Crippen LogP contribution in [0.1, 0.15) is 30.4 Å². The van der Waals surface area contributed by atoms with Crippen LogP contribution in [0, 0.1) is 0 Å². The van der Waals surface area contributed by atoms with E-state index in [0.717, 1.165) is 30.7 Å². The molecule has 1 atom stereocenters. The highest BCUT2D eigenvalue weighted by molar-refractivity contribution is 7.99. The molecule has 2 aliphatic rings. The smallest absolute Gasteiger partial charge is 0.319 e. The van der Waals surface area contributed by atoms with Crippen LogP contribution in [0.2, 0.25) is 0 Å². The summed E-state index contributed by atoms with van der Waals surface area (Å²) in [6, 6.07) is 5.89. The number of aryl methyl sites for hydroxylation is 1. The molecule has 21 heavy (non-hydrogen) atoms. The Kier molecular flexibility index (Phi) is 4.40. The number of hydrogen-bond acceptors (Lipinski definition) is 3. The van der Waals surface area contributed by atoms with Crippen LogP contribution >= 0.6 is 11.8 Å². The first-order valence-corrected chi connectivity index (χ1v) is 8.78. The van der Waals surface area contributed by atoms with Gasteiger partial charge in [0.15, 0.2) is 0 Å². The minimum Gasteiger partial charge on any atom is -0.387 e. The van der Waals surface area contributed by atoms with E-state index in [9.17, 15) is 9.90 Å². The van der Waals surface area contributed by atoms with Gasteiger partial charge in [0.25, 0.3) is 0 Å². The highest BCUT2D eigenvalue weighted by Crippen LogP contribution is 2.28. The van der Waals surface area contributed by atoms with Gasteiger partial charge in [-0.25, -0.2) is 4.79 Å². The first kappa shape index (κ1) is 14.7. The summed E-state index contributed by atoms with van der Waals surface area (Å²) >= 11 is 1.73. The third-order valence-corrected chi connectivity index (χ3v) is 5.54. The van der Waals surface area contributed by atoms with Crippen molar-refractivity contribution in [2.75, 3.05) is 23.4 Å². The fraction of sp³-hybridized carbons (Fsp3) is 0.562. The van der Waals surface area contributed by atoms with Gasteiger partial charge >= 0.3 is 6.03 Å². The molecule has 0 spiro atoms. The molecule has 1 aromatic carbocycles. The molecule has 1 fully saturated rings. The molecule has 1 heterocycles. The lowest BCUT2D eigenvalue weighted by atomic mass is 9.90. The molecule has 1 aliphatic carbocycles. The largest absolute Gasteiger partial charge is 0.387 e. The second-order valence-corrected chi connectivity index (χ2v) is 7.09. The Hall–Kier alpha value is -1.20. The van der Waals surface area contributed by atoms with E-state index < -0.39 is 5.60 Å². The van der Waals surface area contributed by atoms with E-state index in [1.807, 2.05) is 12.1 Å². The highest BCUT2D eigenvalue weighted by atomic mass is 32.2. The number of anilines is 1. The lowest BCUT2D eigenvalue weighted by molar-refractivity contribution is 0.0706. The molecule has 3 rings (SSSR count). The average Bonchev–Trinajstić information content (AvgIpc) is 2.93. The lowest BCUT2D eigenvalue weighted by Gasteiger charge is -2.23. The molecule has 1 unspecified atom stereocenters. The number of benzene rings is 1. The quantitative estimate of drug-likeness (QED) is 0.804. The molecule has 1 aliphatic heterocycles. The SMILES string of the molecule is O=C(NCC1(O)CCSC1)Nc1cccc2c1CCCC2. The summed E-state index contributed by atoms with van der Waals surface area (Å²) in [5.41, 5.74) is 2.80. The predicted octanol–water partition coefficient (Wildman–Crippen LogP) is 2.55. The molecule has 1 saturated heterocycles. The molecule has 1 aromatic rings. The average molecular weight is 306 g/mol. The number of fused-ring (bicyclic) bond motifs is 1. The zero-order valence-corrected chi connectivity index (χ0v) is 13.0. The zero-order chi connectivity index (χ0) is 14.7. The summed E-state index contributed by atoms with van der Waals surface area (Å²) in [7, 11) is 0. The number of thioether (sulfide) groups is 1. The van der Waals surface area contributed by atoms with E-state index in [0.29, 0.717) is 12.3 Å². The van der Waals surface area contributed by atoms with Gasteiger partial charge in [-0.05, 0) is 55.1 Å². The van der Waals surface area contributed by atoms with E-state index >= 15 is 0 Å². The molecule has 2 amide bonds. The van der Waals surface area contributed by atoms with E-state index in [1.54, 1.807) is 11.8 Å². The molecular weight excluding hydrogens is 284 g/mol. The van der Waals surface area contributed by atoms with Crippen molar-refractivity contribution in [3.8, 4) is 0 Å². The molecule has 0 radical (unpaired) electrons. The molecule has 114 valence electrons. The van der Waals surface area contributed by atoms with Crippen molar-refractivity contribution in [3.63, 3.8) is 0 Å². The van der Waals surface area contributed by atoms with E-state index in [4.69, 9.17) is 0 Å². The van der Waals surface area contributed by atoms with Crippen LogP contribution < -0.4 is 10.6 Å². The van der Waals surface area contributed by atoms with Gasteiger partial charge in [-0.2, -0.15) is 11.8 Å². The van der Waals surface area contributed by atoms with Gasteiger partial charge in [-0.1, -0.05) is 12.1 Å². The Labute approximate surface area is 129 Å². The monoisotopic (exact) mass is 306 g/mol. The Morgan fingerprint density at radius 3 is 3.00 bits per heavy atom. The zero-order valence-electron chi connectivity index (χ0n) is 12.2. The minimum atomic E-state index is -0.738. The first-order chi connectivity index (χ1) is 10.2. The molecule has 5 heteroatoms. The third-order valence-electron chi connectivity index (χ3n) is 4.30. The Balaban J connectivity index is 1.60. The van der Waals surface area contributed by atoms with Crippen LogP contribution in [0.4, 0.5) is 10.5 Å². The van der Waals surface area contributed by atoms with E-state index in [1.165, 1.54) is 24.0 Å². The molecule has 0 aromatic heterocycles. The number of carbonyl (C=O) groups is 1. The fourth-order valence-electron chi connectivity index (χ4n) is 3.05. The van der Waals surface area contributed by atoms with Gasteiger partial charge in [0, 0.05) is 18.0 Å². The predicted molar refractivity (Wildman–Crippen MR) is 87.0 cm³/mol. The maximum Gasteiger partial charge on any atom is 0.319 e. The van der Waals surface area contributed by atoms with Crippen LogP contribution in [0.25, 0.3) is 0 Å². The fourth-order valence-corrected chi connectivity index (χ4v) is 4.34. The number of rotatable bonds is 3. The Morgan fingerprint density at radius 2 is 2.19 bits per heavy atom. The van der Waals surface area contributed by atoms with Gasteiger partial charge in [0.1, 0.15) is 0 Å². The first-order valence-electron chi connectivity index (χ1n) is 7.62. The van der Waals surface area contributed by atoms with E-state index in [2.05, 4.69) is 16.7 Å². The van der Waals surface area contributed by atoms with Gasteiger partial charge < -0.3 is 15.7 Å². The number of nitrogens with one attached hydrogen (secondary N) is 2. The van der Waals surface area contributed by atoms with Crippen molar-refractivity contribution in [1.29, 1.82) is 0 Å². The molecule has 0 bridgehead atoms. The third kappa shape index (κ3) is 3.52. The van der Waals surface area contributed by atoms with Gasteiger partial charge in [0.05, 0.1) is 5.60 Å². The highest BCUT2D eigenvalue weighted by Gasteiger charge is 2.32. The van der Waals surface area contributed by atoms with Crippen LogP contribution in [0.5, 0.6) is 0 Å². The minimum absolute atomic E-state index is 0.223. The number of amides is 2. The van der Waals surface area contributed by atoms with Crippen molar-refractivity contribution in [3.05, 3.63) is 29.3 Å². The summed E-state index contributed by atoms with van der Waals surface area (Å²) in [5.74, 6) is 1.67. The van der Waals surface area contributed by atoms with Crippen LogP contribution in [0.3, 0.4) is 0 Å². The van der Waals surface area contributed by atoms with Gasteiger partial charge in [0.2, 0.25) is 0 Å². The lowest BCUT2D eigenvalue weighted by Crippen LogP contribution is -2.44. The number of carbonyl (C=O) groups excluding carboxylic acids is 1. The van der Waals surface area contributed by atoms with Crippen molar-refractivity contribution < 1.29 is 9.90 Å². The maximum absolute atomic E-state index is 12.1. The summed E-state index contributed by atoms with van der Waals surface area (Å²) in [4.78, 5) is 12.1. The topological polar surface area (TPSA) is 61.4 Å². The van der Waals surface area contributed by atoms with Crippen molar-refractivity contribution >= 4 is 23.5 Å². The summed E-state index contributed by atoms with van der Waals surface area (Å²) < 4.78 is 0. The van der Waals surface area contributed by atoms with Gasteiger partial charge in [-0.15, -0.1) is 0 Å². The molecule has 0 saturated carbocycles. The van der Waals surface area contributed by atoms with Crippen LogP contribution in [0.15, 0.2) is 18.2 Å². The van der Waals surface area contributed by atoms with Crippen molar-refractivity contribution in [2.24, 2.45) is 0 Å². The molecule has 3 N–H and O–H groups in total. The maximum atomic E-state index is 12.1. The Bertz CT molecular complexity index is 527. The summed E-state index contributed by atoms with van der Waals surface area (Å²) in [6.45, 7) is 0.320. The van der Waals surface area contributed by atoms with Crippen LogP contribution in [-0.2, 0) is 12.8 Å². The molecule has 4 nitrogen and oxygen atoms in total. The number of urea groups is 1. The number of hydrogen-bond donors (Lipinski definition) is 3. The Morgan fingerprint density at radius 1 is 1.33 bits per heavy atom. The summed E-state index contributed by atoms with van der Waals surface area (Å²) in [6.07, 6.45) is 5.30. The summed E-state index contributed by atoms with van der Waals surface area (Å²) in [5, 5.41) is 16.0. The van der Waals surface area contributed by atoms with Crippen molar-refractivity contribution in [1.82, 2.24) is 5.32 Å². The van der Waals surface area contributed by atoms with Crippen molar-refractivity contribution in [2.45, 2.75) is 37.7 Å². The van der Waals surface area contributed by atoms with Gasteiger partial charge in [-0.3, -0.25) is 0 Å². The standard InChI is InChI=1S/C16H22N2O2S/c19-15(17-10-16(20)8-9-21-11-16)18-14-7-3-5-12-4-1-2-6-13(12)14/h3,5,7,20H,1-2,4,6,8-11H2,(H2,17,18,19). The molecular formula is C16H22N2O2S. The van der Waals surface area contributed by atoms with Crippen LogP contribution in [-0.4, -0.2) is 34.8 Å². The second-order valence-electron chi connectivity index (χ2n) is 5.98. The normalized spacial score (nSPS) is 24.4. The number of aliphatic hydroxyl groups is 1.